The first kappa shape index (κ1) is 17.9. The van der Waals surface area contributed by atoms with E-state index in [0.29, 0.717) is 11.5 Å². The lowest BCUT2D eigenvalue weighted by Crippen LogP contribution is -2.28. The fraction of sp³-hybridized carbons (Fsp3) is 0.417. The summed E-state index contributed by atoms with van der Waals surface area (Å²) in [5.74, 6) is 0.465. The van der Waals surface area contributed by atoms with Gasteiger partial charge in [0.1, 0.15) is 10.6 Å². The first-order valence-corrected chi connectivity index (χ1v) is 9.85. The maximum atomic E-state index is 11.9. The molecule has 1 aromatic rings. The van der Waals surface area contributed by atoms with E-state index in [1.807, 2.05) is 0 Å². The van der Waals surface area contributed by atoms with Gasteiger partial charge in [-0.25, -0.2) is 8.42 Å². The molecule has 0 radical (unpaired) electrons. The quantitative estimate of drug-likeness (QED) is 0.742. The van der Waals surface area contributed by atoms with Crippen LogP contribution >= 0.6 is 10.7 Å². The molecule has 1 atom stereocenters. The molecule has 0 bridgehead atoms. The fourth-order valence-corrected chi connectivity index (χ4v) is 3.17. The minimum atomic E-state index is -4.02. The Kier molecular flexibility index (Phi) is 6.63. The van der Waals surface area contributed by atoms with E-state index in [4.69, 9.17) is 15.4 Å². The molecule has 0 spiro atoms. The number of hydrogen-bond acceptors (Lipinski definition) is 5. The molecule has 1 unspecified atom stereocenters. The van der Waals surface area contributed by atoms with Gasteiger partial charge in [-0.1, -0.05) is 6.92 Å². The van der Waals surface area contributed by atoms with Gasteiger partial charge in [-0.15, -0.1) is 0 Å². The summed E-state index contributed by atoms with van der Waals surface area (Å²) in [6.45, 7) is 2.04. The molecule has 0 aromatic heterocycles. The number of nitrogens with one attached hydrogen (secondary N) is 1. The first-order chi connectivity index (χ1) is 9.79. The Labute approximate surface area is 130 Å². The van der Waals surface area contributed by atoms with Gasteiger partial charge in [0, 0.05) is 45.1 Å². The van der Waals surface area contributed by atoms with Crippen molar-refractivity contribution < 1.29 is 22.2 Å². The summed E-state index contributed by atoms with van der Waals surface area (Å²) in [6.07, 6.45) is 0. The van der Waals surface area contributed by atoms with Gasteiger partial charge in [0.05, 0.1) is 7.11 Å². The highest BCUT2D eigenvalue weighted by Gasteiger charge is 2.19. The van der Waals surface area contributed by atoms with E-state index in [0.717, 1.165) is 6.07 Å². The largest absolute Gasteiger partial charge is 0.495 e. The van der Waals surface area contributed by atoms with E-state index in [1.54, 1.807) is 6.92 Å². The zero-order chi connectivity index (χ0) is 16.0. The molecule has 9 heteroatoms. The first-order valence-electron chi connectivity index (χ1n) is 6.05. The number of amides is 1. The zero-order valence-corrected chi connectivity index (χ0v) is 14.0. The lowest BCUT2D eigenvalue weighted by atomic mass is 10.2. The van der Waals surface area contributed by atoms with Crippen LogP contribution in [0.25, 0.3) is 0 Å². The topological polar surface area (TPSA) is 89.5 Å². The Morgan fingerprint density at radius 2 is 2.10 bits per heavy atom. The highest BCUT2D eigenvalue weighted by molar-refractivity contribution is 8.13. The van der Waals surface area contributed by atoms with Crippen molar-refractivity contribution in [3.8, 4) is 5.75 Å². The predicted molar refractivity (Wildman–Crippen MR) is 81.9 cm³/mol. The average Bonchev–Trinajstić information content (AvgIpc) is 2.45. The number of hydrogen-bond donors (Lipinski definition) is 1. The number of benzene rings is 1. The van der Waals surface area contributed by atoms with E-state index in [-0.39, 0.29) is 22.8 Å². The highest BCUT2D eigenvalue weighted by atomic mass is 35.7. The molecular weight excluding hydrogens is 338 g/mol. The zero-order valence-electron chi connectivity index (χ0n) is 11.6. The van der Waals surface area contributed by atoms with E-state index in [1.165, 1.54) is 19.2 Å². The second-order valence-electron chi connectivity index (χ2n) is 3.99. The van der Waals surface area contributed by atoms with E-state index >= 15 is 0 Å². The third-order valence-corrected chi connectivity index (χ3v) is 5.27. The predicted octanol–water partition coefficient (Wildman–Crippen LogP) is 1.12. The van der Waals surface area contributed by atoms with Gasteiger partial charge < -0.3 is 10.1 Å². The van der Waals surface area contributed by atoms with Crippen LogP contribution in [-0.2, 0) is 19.9 Å². The van der Waals surface area contributed by atoms with Crippen molar-refractivity contribution in [2.45, 2.75) is 11.8 Å². The second-order valence-corrected chi connectivity index (χ2v) is 8.39. The van der Waals surface area contributed by atoms with Gasteiger partial charge in [0.2, 0.25) is 0 Å². The van der Waals surface area contributed by atoms with Crippen molar-refractivity contribution in [1.82, 2.24) is 5.32 Å². The molecule has 1 aromatic carbocycles. The SMILES string of the molecule is CCS(=O)CCNC(=O)c1ccc(OC)c(S(=O)(=O)Cl)c1. The summed E-state index contributed by atoms with van der Waals surface area (Å²) in [4.78, 5) is 11.6. The minimum absolute atomic E-state index is 0.0636. The van der Waals surface area contributed by atoms with Gasteiger partial charge in [-0.05, 0) is 18.2 Å². The van der Waals surface area contributed by atoms with Gasteiger partial charge in [0.25, 0.3) is 15.0 Å². The molecule has 0 aliphatic carbocycles. The van der Waals surface area contributed by atoms with Gasteiger partial charge in [-0.2, -0.15) is 0 Å². The third kappa shape index (κ3) is 5.29. The molecule has 118 valence electrons. The van der Waals surface area contributed by atoms with Crippen molar-refractivity contribution in [3.05, 3.63) is 23.8 Å². The van der Waals surface area contributed by atoms with E-state index in [2.05, 4.69) is 5.32 Å². The van der Waals surface area contributed by atoms with Crippen LogP contribution in [0.3, 0.4) is 0 Å². The molecule has 1 amide bonds. The van der Waals surface area contributed by atoms with Crippen molar-refractivity contribution >= 4 is 36.4 Å². The maximum Gasteiger partial charge on any atom is 0.265 e. The molecule has 0 saturated heterocycles. The molecule has 0 saturated carbocycles. The Morgan fingerprint density at radius 3 is 2.62 bits per heavy atom. The summed E-state index contributed by atoms with van der Waals surface area (Å²) in [5, 5.41) is 2.57. The molecule has 0 fully saturated rings. The second kappa shape index (κ2) is 7.77. The standard InChI is InChI=1S/C12H16ClNO5S2/c1-3-20(16)7-6-14-12(15)9-4-5-10(19-2)11(8-9)21(13,17)18/h4-5,8H,3,6-7H2,1-2H3,(H,14,15). The summed E-state index contributed by atoms with van der Waals surface area (Å²) >= 11 is 0. The number of ether oxygens (including phenoxy) is 1. The summed E-state index contributed by atoms with van der Waals surface area (Å²) in [7, 11) is 1.61. The van der Waals surface area contributed by atoms with Crippen LogP contribution in [0.15, 0.2) is 23.1 Å². The number of methoxy groups -OCH3 is 1. The van der Waals surface area contributed by atoms with Crippen LogP contribution in [0.4, 0.5) is 0 Å². The number of carbonyl (C=O) groups excluding carboxylic acids is 1. The van der Waals surface area contributed by atoms with Crippen LogP contribution in [0.1, 0.15) is 17.3 Å². The van der Waals surface area contributed by atoms with E-state index < -0.39 is 25.8 Å². The van der Waals surface area contributed by atoms with Gasteiger partial charge >= 0.3 is 0 Å². The van der Waals surface area contributed by atoms with Crippen molar-refractivity contribution in [3.63, 3.8) is 0 Å². The highest BCUT2D eigenvalue weighted by Crippen LogP contribution is 2.27. The summed E-state index contributed by atoms with van der Waals surface area (Å²) in [6, 6.07) is 3.93. The monoisotopic (exact) mass is 353 g/mol. The van der Waals surface area contributed by atoms with Crippen LogP contribution in [0.5, 0.6) is 5.75 Å². The average molecular weight is 354 g/mol. The molecule has 0 heterocycles. The molecule has 1 N–H and O–H groups in total. The lowest BCUT2D eigenvalue weighted by Gasteiger charge is -2.09. The Hall–Kier alpha value is -1.12. The van der Waals surface area contributed by atoms with Crippen molar-refractivity contribution in [2.75, 3.05) is 25.2 Å². The smallest absolute Gasteiger partial charge is 0.265 e. The molecule has 6 nitrogen and oxygen atoms in total. The lowest BCUT2D eigenvalue weighted by molar-refractivity contribution is 0.0956. The van der Waals surface area contributed by atoms with Gasteiger partial charge in [0.15, 0.2) is 0 Å². The van der Waals surface area contributed by atoms with Crippen LogP contribution in [-0.4, -0.2) is 43.7 Å². The fourth-order valence-electron chi connectivity index (χ4n) is 1.53. The number of halogens is 1. The molecule has 0 aliphatic rings. The Bertz CT molecular complexity index is 645. The van der Waals surface area contributed by atoms with Gasteiger partial charge in [-0.3, -0.25) is 9.00 Å². The Balaban J connectivity index is 2.89. The summed E-state index contributed by atoms with van der Waals surface area (Å²) in [5.41, 5.74) is 0.136. The van der Waals surface area contributed by atoms with Crippen LogP contribution < -0.4 is 10.1 Å². The Morgan fingerprint density at radius 1 is 1.43 bits per heavy atom. The normalized spacial score (nSPS) is 12.7. The summed E-state index contributed by atoms with van der Waals surface area (Å²) < 4.78 is 39.0. The van der Waals surface area contributed by atoms with Crippen molar-refractivity contribution in [2.24, 2.45) is 0 Å². The molecule has 1 rings (SSSR count). The number of rotatable bonds is 7. The molecule has 21 heavy (non-hydrogen) atoms. The number of carbonyl (C=O) groups is 1. The maximum absolute atomic E-state index is 11.9. The molecule has 0 aliphatic heterocycles. The molecular formula is C12H16ClNO5S2. The van der Waals surface area contributed by atoms with Crippen LogP contribution in [0, 0.1) is 0 Å². The third-order valence-electron chi connectivity index (χ3n) is 2.63. The van der Waals surface area contributed by atoms with Crippen molar-refractivity contribution in [1.29, 1.82) is 0 Å². The minimum Gasteiger partial charge on any atom is -0.495 e. The van der Waals surface area contributed by atoms with Crippen LogP contribution in [0.2, 0.25) is 0 Å². The van der Waals surface area contributed by atoms with E-state index in [9.17, 15) is 17.4 Å².